The Labute approximate surface area is 147 Å². The lowest BCUT2D eigenvalue weighted by Crippen LogP contribution is -2.50. The van der Waals surface area contributed by atoms with Crippen LogP contribution in [0.25, 0.3) is 0 Å². The van der Waals surface area contributed by atoms with Gasteiger partial charge in [-0.3, -0.25) is 10.1 Å². The van der Waals surface area contributed by atoms with Crippen molar-refractivity contribution >= 4 is 11.8 Å². The van der Waals surface area contributed by atoms with E-state index in [0.717, 1.165) is 25.7 Å². The molecule has 0 N–H and O–H groups in total. The van der Waals surface area contributed by atoms with Crippen LogP contribution in [-0.4, -0.2) is 39.7 Å². The number of carbonyl (C=O) groups excluding carboxylic acids is 1. The van der Waals surface area contributed by atoms with Crippen LogP contribution in [-0.2, 0) is 4.74 Å². The molecule has 2 aliphatic rings. The number of hydrogen-bond acceptors (Lipinski definition) is 5. The molecule has 0 radical (unpaired) electrons. The predicted octanol–water partition coefficient (Wildman–Crippen LogP) is 3.90. The zero-order chi connectivity index (χ0) is 18.2. The third-order valence-corrected chi connectivity index (χ3v) is 4.64. The van der Waals surface area contributed by atoms with Gasteiger partial charge in [0.2, 0.25) is 0 Å². The summed E-state index contributed by atoms with van der Waals surface area (Å²) >= 11 is 0. The van der Waals surface area contributed by atoms with Gasteiger partial charge in [0.05, 0.1) is 4.92 Å². The summed E-state index contributed by atoms with van der Waals surface area (Å²) < 4.78 is 11.5. The highest BCUT2D eigenvalue weighted by Crippen LogP contribution is 2.38. The van der Waals surface area contributed by atoms with E-state index in [1.54, 1.807) is 12.1 Å². The average molecular weight is 348 g/mol. The maximum atomic E-state index is 12.4. The Balaban J connectivity index is 1.62. The van der Waals surface area contributed by atoms with E-state index in [4.69, 9.17) is 9.47 Å². The fraction of sp³-hybridized carbons (Fsp3) is 0.611. The van der Waals surface area contributed by atoms with E-state index >= 15 is 0 Å². The molecule has 0 aromatic heterocycles. The molecule has 3 atom stereocenters. The van der Waals surface area contributed by atoms with Crippen molar-refractivity contribution in [3.05, 3.63) is 34.4 Å². The SMILES string of the molecule is CC(C)(C)OC(=O)N1[C@@H]2CC[C@H]1C[C@H](Oc1ccc([N+](=O)[O-])cc1)C2. The molecular weight excluding hydrogens is 324 g/mol. The third kappa shape index (κ3) is 4.03. The molecule has 2 saturated heterocycles. The molecule has 2 heterocycles. The lowest BCUT2D eigenvalue weighted by molar-refractivity contribution is -0.384. The third-order valence-electron chi connectivity index (χ3n) is 4.64. The molecule has 1 aromatic carbocycles. The van der Waals surface area contributed by atoms with Crippen molar-refractivity contribution in [2.45, 2.75) is 70.2 Å². The summed E-state index contributed by atoms with van der Waals surface area (Å²) in [5, 5.41) is 10.7. The summed E-state index contributed by atoms with van der Waals surface area (Å²) in [6.45, 7) is 5.62. The van der Waals surface area contributed by atoms with Gasteiger partial charge in [-0.2, -0.15) is 0 Å². The van der Waals surface area contributed by atoms with Gasteiger partial charge in [0.25, 0.3) is 5.69 Å². The number of benzene rings is 1. The van der Waals surface area contributed by atoms with Gasteiger partial charge in [-0.25, -0.2) is 4.79 Å². The van der Waals surface area contributed by atoms with Gasteiger partial charge in [0.15, 0.2) is 0 Å². The van der Waals surface area contributed by atoms with E-state index < -0.39 is 10.5 Å². The quantitative estimate of drug-likeness (QED) is 0.611. The Morgan fingerprint density at radius 3 is 2.20 bits per heavy atom. The maximum absolute atomic E-state index is 12.4. The Morgan fingerprint density at radius 1 is 1.16 bits per heavy atom. The first kappa shape index (κ1) is 17.5. The molecule has 25 heavy (non-hydrogen) atoms. The first-order valence-corrected chi connectivity index (χ1v) is 8.65. The number of non-ortho nitro benzene ring substituents is 1. The predicted molar refractivity (Wildman–Crippen MR) is 91.6 cm³/mol. The first-order valence-electron chi connectivity index (χ1n) is 8.65. The molecule has 2 fully saturated rings. The molecule has 3 rings (SSSR count). The fourth-order valence-corrected chi connectivity index (χ4v) is 3.67. The molecule has 0 aliphatic carbocycles. The van der Waals surface area contributed by atoms with Gasteiger partial charge in [0.1, 0.15) is 17.5 Å². The van der Waals surface area contributed by atoms with E-state index in [9.17, 15) is 14.9 Å². The summed E-state index contributed by atoms with van der Waals surface area (Å²) in [7, 11) is 0. The summed E-state index contributed by atoms with van der Waals surface area (Å²) in [5.41, 5.74) is -0.449. The number of piperidine rings is 1. The van der Waals surface area contributed by atoms with E-state index in [0.29, 0.717) is 5.75 Å². The van der Waals surface area contributed by atoms with Gasteiger partial charge < -0.3 is 14.4 Å². The van der Waals surface area contributed by atoms with E-state index in [2.05, 4.69) is 0 Å². The normalized spacial score (nSPS) is 25.6. The molecule has 0 spiro atoms. The number of carbonyl (C=O) groups is 1. The van der Waals surface area contributed by atoms with Crippen molar-refractivity contribution in [2.24, 2.45) is 0 Å². The van der Waals surface area contributed by atoms with Crippen molar-refractivity contribution in [1.29, 1.82) is 0 Å². The second-order valence-electron chi connectivity index (χ2n) is 7.73. The van der Waals surface area contributed by atoms with E-state index in [1.165, 1.54) is 12.1 Å². The van der Waals surface area contributed by atoms with Crippen molar-refractivity contribution in [2.75, 3.05) is 0 Å². The largest absolute Gasteiger partial charge is 0.490 e. The van der Waals surface area contributed by atoms with Crippen LogP contribution in [0.3, 0.4) is 0 Å². The Kier molecular flexibility index (Phi) is 4.58. The summed E-state index contributed by atoms with van der Waals surface area (Å²) in [4.78, 5) is 24.6. The number of hydrogen-bond donors (Lipinski definition) is 0. The topological polar surface area (TPSA) is 81.9 Å². The highest BCUT2D eigenvalue weighted by atomic mass is 16.6. The van der Waals surface area contributed by atoms with Gasteiger partial charge in [-0.15, -0.1) is 0 Å². The van der Waals surface area contributed by atoms with Crippen molar-refractivity contribution < 1.29 is 19.2 Å². The van der Waals surface area contributed by atoms with Crippen molar-refractivity contribution in [3.63, 3.8) is 0 Å². The van der Waals surface area contributed by atoms with Crippen molar-refractivity contribution in [3.8, 4) is 5.75 Å². The van der Waals surface area contributed by atoms with Gasteiger partial charge >= 0.3 is 6.09 Å². The molecule has 7 nitrogen and oxygen atoms in total. The molecule has 1 aromatic rings. The van der Waals surface area contributed by atoms with Crippen LogP contribution in [0, 0.1) is 10.1 Å². The van der Waals surface area contributed by atoms with Crippen LogP contribution in [0.4, 0.5) is 10.5 Å². The van der Waals surface area contributed by atoms with Crippen LogP contribution < -0.4 is 4.74 Å². The first-order chi connectivity index (χ1) is 11.7. The monoisotopic (exact) mass is 348 g/mol. The molecule has 136 valence electrons. The number of ether oxygens (including phenoxy) is 2. The molecule has 2 bridgehead atoms. The summed E-state index contributed by atoms with van der Waals surface area (Å²) in [5.74, 6) is 0.626. The molecule has 2 aliphatic heterocycles. The zero-order valence-corrected chi connectivity index (χ0v) is 14.8. The molecule has 7 heteroatoms. The van der Waals surface area contributed by atoms with Crippen LogP contribution in [0.1, 0.15) is 46.5 Å². The average Bonchev–Trinajstić information content (AvgIpc) is 2.78. The zero-order valence-electron chi connectivity index (χ0n) is 14.8. The lowest BCUT2D eigenvalue weighted by atomic mass is 10.00. The highest BCUT2D eigenvalue weighted by Gasteiger charge is 2.45. The van der Waals surface area contributed by atoms with Gasteiger partial charge in [0, 0.05) is 37.1 Å². The maximum Gasteiger partial charge on any atom is 0.410 e. The fourth-order valence-electron chi connectivity index (χ4n) is 3.67. The molecule has 1 amide bonds. The van der Waals surface area contributed by atoms with Gasteiger partial charge in [-0.1, -0.05) is 0 Å². The number of nitrogens with zero attached hydrogens (tertiary/aromatic N) is 2. The number of fused-ring (bicyclic) bond motifs is 2. The minimum Gasteiger partial charge on any atom is -0.490 e. The van der Waals surface area contributed by atoms with Crippen LogP contribution >= 0.6 is 0 Å². The van der Waals surface area contributed by atoms with Crippen LogP contribution in [0.2, 0.25) is 0 Å². The standard InChI is InChI=1S/C18H24N2O5/c1-18(2,3)25-17(21)19-13-4-5-14(19)11-16(10-13)24-15-8-6-12(7-9-15)20(22)23/h6-9,13-14,16H,4-5,10-11H2,1-3H3/t13-,14+,16-. The van der Waals surface area contributed by atoms with E-state index in [1.807, 2.05) is 25.7 Å². The van der Waals surface area contributed by atoms with Crippen LogP contribution in [0.15, 0.2) is 24.3 Å². The molecule has 0 saturated carbocycles. The van der Waals surface area contributed by atoms with Crippen molar-refractivity contribution in [1.82, 2.24) is 4.90 Å². The number of rotatable bonds is 3. The van der Waals surface area contributed by atoms with Gasteiger partial charge in [-0.05, 0) is 45.7 Å². The van der Waals surface area contributed by atoms with E-state index in [-0.39, 0.29) is 30.0 Å². The molecular formula is C18H24N2O5. The Hall–Kier alpha value is -2.31. The van der Waals surface area contributed by atoms with Crippen LogP contribution in [0.5, 0.6) is 5.75 Å². The molecule has 0 unspecified atom stereocenters. The number of nitro groups is 1. The number of nitro benzene ring substituents is 1. The second kappa shape index (κ2) is 6.54. The second-order valence-corrected chi connectivity index (χ2v) is 7.73. The Bertz CT molecular complexity index is 638. The lowest BCUT2D eigenvalue weighted by Gasteiger charge is -2.39. The minimum atomic E-state index is -0.497. The number of amides is 1. The summed E-state index contributed by atoms with van der Waals surface area (Å²) in [6.07, 6.45) is 3.21. The Morgan fingerprint density at radius 2 is 1.72 bits per heavy atom. The minimum absolute atomic E-state index is 0.0117. The smallest absolute Gasteiger partial charge is 0.410 e. The summed E-state index contributed by atoms with van der Waals surface area (Å²) in [6, 6.07) is 6.41. The highest BCUT2D eigenvalue weighted by molar-refractivity contribution is 5.69.